The molecule has 0 saturated heterocycles. The molecule has 0 N–H and O–H groups in total. The van der Waals surface area contributed by atoms with Gasteiger partial charge < -0.3 is 0 Å². The molecule has 2 aliphatic rings. The highest BCUT2D eigenvalue weighted by atomic mass is 28.3. The average Bonchev–Trinajstić information content (AvgIpc) is 2.65. The largest absolute Gasteiger partial charge is 0.290 e. The van der Waals surface area contributed by atoms with Crippen LogP contribution in [0, 0.1) is 17.3 Å². The first-order chi connectivity index (χ1) is 8.60. The monoisotopic (exact) mass is 274 g/mol. The van der Waals surface area contributed by atoms with E-state index in [1.165, 1.54) is 5.57 Å². The second-order valence-corrected chi connectivity index (χ2v) is 12.9. The number of ketones is 1. The number of allylic oxidation sites excluding steroid dienone is 5. The Balaban J connectivity index is 2.25. The molecule has 0 saturated carbocycles. The van der Waals surface area contributed by atoms with E-state index in [4.69, 9.17) is 0 Å². The summed E-state index contributed by atoms with van der Waals surface area (Å²) in [6.45, 7) is 13.5. The highest BCUT2D eigenvalue weighted by molar-refractivity contribution is 6.81. The maximum absolute atomic E-state index is 12.5. The molecule has 104 valence electrons. The van der Waals surface area contributed by atoms with Gasteiger partial charge in [0.1, 0.15) is 0 Å². The van der Waals surface area contributed by atoms with Gasteiger partial charge in [-0.05, 0) is 36.7 Å². The fourth-order valence-electron chi connectivity index (χ4n) is 3.27. The van der Waals surface area contributed by atoms with Crippen LogP contribution in [-0.4, -0.2) is 13.9 Å². The summed E-state index contributed by atoms with van der Waals surface area (Å²) in [7, 11) is -1.30. The Morgan fingerprint density at radius 2 is 2.00 bits per heavy atom. The fourth-order valence-corrected chi connectivity index (χ4v) is 3.93. The summed E-state index contributed by atoms with van der Waals surface area (Å²) in [5.41, 5.74) is 4.76. The van der Waals surface area contributed by atoms with Crippen LogP contribution in [0.1, 0.15) is 27.2 Å². The number of rotatable bonds is 3. The molecule has 0 fully saturated rings. The third-order valence-electron chi connectivity index (χ3n) is 4.35. The van der Waals surface area contributed by atoms with E-state index in [1.807, 2.05) is 6.08 Å². The van der Waals surface area contributed by atoms with Crippen molar-refractivity contribution in [1.29, 1.82) is 0 Å². The maximum atomic E-state index is 12.5. The standard InChI is InChI=1S/C17H26OSi/c1-12-11-17(2,3)15-10-13(12)9-14(15)16(18)7-8-19(4,5)6/h7-9,11,13,15H,10H2,1-6H3/b8-7+. The van der Waals surface area contributed by atoms with Gasteiger partial charge in [0.25, 0.3) is 0 Å². The summed E-state index contributed by atoms with van der Waals surface area (Å²) in [5, 5.41) is 0. The van der Waals surface area contributed by atoms with Gasteiger partial charge in [-0.2, -0.15) is 0 Å². The topological polar surface area (TPSA) is 17.1 Å². The molecule has 19 heavy (non-hydrogen) atoms. The Morgan fingerprint density at radius 1 is 1.37 bits per heavy atom. The number of hydrogen-bond donors (Lipinski definition) is 0. The molecule has 2 bridgehead atoms. The van der Waals surface area contributed by atoms with Crippen LogP contribution in [0.25, 0.3) is 0 Å². The lowest BCUT2D eigenvalue weighted by molar-refractivity contribution is -0.112. The third kappa shape index (κ3) is 2.99. The zero-order valence-corrected chi connectivity index (χ0v) is 14.1. The number of fused-ring (bicyclic) bond motifs is 2. The van der Waals surface area contributed by atoms with E-state index in [1.54, 1.807) is 0 Å². The first-order valence-electron chi connectivity index (χ1n) is 7.25. The van der Waals surface area contributed by atoms with Crippen molar-refractivity contribution in [3.05, 3.63) is 35.1 Å². The number of carbonyl (C=O) groups is 1. The summed E-state index contributed by atoms with van der Waals surface area (Å²) in [6.07, 6.45) is 7.55. The molecule has 2 heteroatoms. The van der Waals surface area contributed by atoms with Crippen LogP contribution in [0.2, 0.25) is 19.6 Å². The van der Waals surface area contributed by atoms with Gasteiger partial charge in [0.15, 0.2) is 5.78 Å². The molecule has 0 spiro atoms. The molecule has 0 amide bonds. The summed E-state index contributed by atoms with van der Waals surface area (Å²) >= 11 is 0. The Kier molecular flexibility index (Phi) is 3.50. The van der Waals surface area contributed by atoms with E-state index >= 15 is 0 Å². The predicted octanol–water partition coefficient (Wildman–Crippen LogP) is 4.54. The molecule has 0 aromatic rings. The average molecular weight is 274 g/mol. The lowest BCUT2D eigenvalue weighted by Crippen LogP contribution is -2.28. The third-order valence-corrected chi connectivity index (χ3v) is 5.51. The molecule has 1 nitrogen and oxygen atoms in total. The van der Waals surface area contributed by atoms with E-state index in [2.05, 4.69) is 58.3 Å². The first kappa shape index (κ1) is 14.5. The Bertz CT molecular complexity index is 486. The van der Waals surface area contributed by atoms with Crippen molar-refractivity contribution in [1.82, 2.24) is 0 Å². The smallest absolute Gasteiger partial charge is 0.181 e. The van der Waals surface area contributed by atoms with E-state index < -0.39 is 8.07 Å². The zero-order valence-electron chi connectivity index (χ0n) is 13.1. The van der Waals surface area contributed by atoms with Gasteiger partial charge in [-0.1, -0.05) is 56.9 Å². The Hall–Kier alpha value is -0.893. The van der Waals surface area contributed by atoms with Gasteiger partial charge in [0.2, 0.25) is 0 Å². The Morgan fingerprint density at radius 3 is 2.58 bits per heavy atom. The van der Waals surface area contributed by atoms with Gasteiger partial charge >= 0.3 is 0 Å². The van der Waals surface area contributed by atoms with Crippen molar-refractivity contribution >= 4 is 13.9 Å². The summed E-state index contributed by atoms with van der Waals surface area (Å²) in [4.78, 5) is 12.5. The highest BCUT2D eigenvalue weighted by Crippen LogP contribution is 2.50. The van der Waals surface area contributed by atoms with Crippen molar-refractivity contribution in [2.24, 2.45) is 17.3 Å². The van der Waals surface area contributed by atoms with Crippen LogP contribution in [0.5, 0.6) is 0 Å². The molecule has 2 atom stereocenters. The highest BCUT2D eigenvalue weighted by Gasteiger charge is 2.42. The van der Waals surface area contributed by atoms with E-state index in [0.29, 0.717) is 11.8 Å². The van der Waals surface area contributed by atoms with Gasteiger partial charge in [-0.15, -0.1) is 0 Å². The number of carbonyl (C=O) groups excluding carboxylic acids is 1. The van der Waals surface area contributed by atoms with Crippen molar-refractivity contribution in [2.45, 2.75) is 46.8 Å². The summed E-state index contributed by atoms with van der Waals surface area (Å²) in [6, 6.07) is 0. The van der Waals surface area contributed by atoms with Crippen molar-refractivity contribution in [3.63, 3.8) is 0 Å². The van der Waals surface area contributed by atoms with Gasteiger partial charge in [0.05, 0.1) is 8.07 Å². The lowest BCUT2D eigenvalue weighted by atomic mass is 9.69. The van der Waals surface area contributed by atoms with E-state index in [9.17, 15) is 4.79 Å². The van der Waals surface area contributed by atoms with Crippen LogP contribution in [0.4, 0.5) is 0 Å². The molecule has 0 aromatic heterocycles. The molecular weight excluding hydrogens is 248 g/mol. The first-order valence-corrected chi connectivity index (χ1v) is 10.8. The van der Waals surface area contributed by atoms with Gasteiger partial charge in [0, 0.05) is 5.57 Å². The van der Waals surface area contributed by atoms with Crippen molar-refractivity contribution < 1.29 is 4.79 Å². The normalized spacial score (nSPS) is 29.4. The van der Waals surface area contributed by atoms with Crippen molar-refractivity contribution in [2.75, 3.05) is 0 Å². The fraction of sp³-hybridized carbons (Fsp3) is 0.588. The quantitative estimate of drug-likeness (QED) is 0.419. The number of hydrogen-bond acceptors (Lipinski definition) is 1. The van der Waals surface area contributed by atoms with Crippen LogP contribution in [0.15, 0.2) is 35.1 Å². The zero-order chi connectivity index (χ0) is 14.4. The lowest BCUT2D eigenvalue weighted by Gasteiger charge is -2.35. The maximum Gasteiger partial charge on any atom is 0.181 e. The summed E-state index contributed by atoms with van der Waals surface area (Å²) < 4.78 is 0. The molecule has 0 radical (unpaired) electrons. The van der Waals surface area contributed by atoms with Gasteiger partial charge in [-0.25, -0.2) is 0 Å². The molecule has 2 unspecified atom stereocenters. The van der Waals surface area contributed by atoms with Crippen LogP contribution in [-0.2, 0) is 4.79 Å². The van der Waals surface area contributed by atoms with Crippen molar-refractivity contribution in [3.8, 4) is 0 Å². The minimum Gasteiger partial charge on any atom is -0.290 e. The molecule has 2 aliphatic carbocycles. The second-order valence-electron chi connectivity index (χ2n) is 7.79. The molecule has 0 heterocycles. The second kappa shape index (κ2) is 4.59. The van der Waals surface area contributed by atoms with E-state index in [-0.39, 0.29) is 11.2 Å². The molecule has 0 aromatic carbocycles. The van der Waals surface area contributed by atoms with Gasteiger partial charge in [-0.3, -0.25) is 4.79 Å². The van der Waals surface area contributed by atoms with Crippen LogP contribution in [0.3, 0.4) is 0 Å². The predicted molar refractivity (Wildman–Crippen MR) is 84.7 cm³/mol. The van der Waals surface area contributed by atoms with E-state index in [0.717, 1.165) is 12.0 Å². The van der Waals surface area contributed by atoms with Crippen LogP contribution >= 0.6 is 0 Å². The minimum absolute atomic E-state index is 0.117. The Labute approximate surface area is 118 Å². The SMILES string of the molecule is CC1=CC(C)(C)C2CC1C=C2C(=O)/C=C/[Si](C)(C)C. The minimum atomic E-state index is -1.30. The molecule has 2 rings (SSSR count). The summed E-state index contributed by atoms with van der Waals surface area (Å²) in [5.74, 6) is 1.14. The molecular formula is C17H26OSi. The van der Waals surface area contributed by atoms with Crippen LogP contribution < -0.4 is 0 Å². The molecule has 0 aliphatic heterocycles.